The van der Waals surface area contributed by atoms with Gasteiger partial charge in [0.25, 0.3) is 0 Å². The molecule has 0 bridgehead atoms. The molecule has 0 aromatic carbocycles. The van der Waals surface area contributed by atoms with Gasteiger partial charge in [-0.2, -0.15) is 0 Å². The van der Waals surface area contributed by atoms with Crippen LogP contribution in [0.5, 0.6) is 0 Å². The van der Waals surface area contributed by atoms with E-state index < -0.39 is 0 Å². The summed E-state index contributed by atoms with van der Waals surface area (Å²) in [4.78, 5) is 5.23. The molecule has 0 saturated carbocycles. The van der Waals surface area contributed by atoms with Crippen molar-refractivity contribution in [3.8, 4) is 0 Å². The third-order valence-electron chi connectivity index (χ3n) is 1.70. The summed E-state index contributed by atoms with van der Waals surface area (Å²) in [6.45, 7) is 2.69. The quantitative estimate of drug-likeness (QED) is 0.677. The molecule has 1 N–H and O–H groups in total. The lowest BCUT2D eigenvalue weighted by atomic mass is 10.3. The minimum absolute atomic E-state index is 0.233. The van der Waals surface area contributed by atoms with Crippen molar-refractivity contribution in [3.05, 3.63) is 16.6 Å². The summed E-state index contributed by atoms with van der Waals surface area (Å²) in [5.74, 6) is 0. The van der Waals surface area contributed by atoms with E-state index in [1.165, 1.54) is 4.88 Å². The fourth-order valence-corrected chi connectivity index (χ4v) is 1.80. The van der Waals surface area contributed by atoms with E-state index in [-0.39, 0.29) is 6.10 Å². The SMILES string of the molecule is c1ncc(C2CNCCO2)s1. The van der Waals surface area contributed by atoms with E-state index in [9.17, 15) is 0 Å². The summed E-state index contributed by atoms with van der Waals surface area (Å²) in [5.41, 5.74) is 1.84. The van der Waals surface area contributed by atoms with Crippen molar-refractivity contribution in [2.45, 2.75) is 6.10 Å². The maximum atomic E-state index is 5.53. The molecule has 11 heavy (non-hydrogen) atoms. The monoisotopic (exact) mass is 170 g/mol. The molecule has 1 aliphatic heterocycles. The molecule has 0 aliphatic carbocycles. The topological polar surface area (TPSA) is 34.2 Å². The fraction of sp³-hybridized carbons (Fsp3) is 0.571. The molecule has 1 aromatic rings. The number of ether oxygens (including phenoxy) is 1. The van der Waals surface area contributed by atoms with Crippen molar-refractivity contribution in [3.63, 3.8) is 0 Å². The number of rotatable bonds is 1. The number of hydrogen-bond donors (Lipinski definition) is 1. The number of nitrogens with zero attached hydrogens (tertiary/aromatic N) is 1. The first-order valence-corrected chi connectivity index (χ1v) is 4.55. The molecule has 3 nitrogen and oxygen atoms in total. The normalized spacial score (nSPS) is 25.3. The van der Waals surface area contributed by atoms with Crippen LogP contribution in [0.3, 0.4) is 0 Å². The summed E-state index contributed by atoms with van der Waals surface area (Å²) < 4.78 is 5.53. The van der Waals surface area contributed by atoms with Crippen LogP contribution in [0.25, 0.3) is 0 Å². The molecule has 0 radical (unpaired) electrons. The molecule has 0 amide bonds. The molecule has 1 aliphatic rings. The van der Waals surface area contributed by atoms with Crippen LogP contribution in [0.1, 0.15) is 11.0 Å². The zero-order valence-electron chi connectivity index (χ0n) is 6.12. The number of thiazole rings is 1. The minimum atomic E-state index is 0.233. The largest absolute Gasteiger partial charge is 0.370 e. The van der Waals surface area contributed by atoms with Gasteiger partial charge < -0.3 is 10.1 Å². The van der Waals surface area contributed by atoms with Crippen molar-refractivity contribution in [1.82, 2.24) is 10.3 Å². The fourth-order valence-electron chi connectivity index (χ4n) is 1.13. The van der Waals surface area contributed by atoms with Gasteiger partial charge in [0, 0.05) is 19.3 Å². The van der Waals surface area contributed by atoms with Crippen LogP contribution in [0.15, 0.2) is 11.7 Å². The van der Waals surface area contributed by atoms with Gasteiger partial charge in [0.15, 0.2) is 0 Å². The molecule has 1 atom stereocenters. The minimum Gasteiger partial charge on any atom is -0.370 e. The standard InChI is InChI=1S/C7H10N2OS/c1-2-10-6(3-8-1)7-4-9-5-11-7/h4-6,8H,1-3H2. The Morgan fingerprint density at radius 1 is 1.73 bits per heavy atom. The summed E-state index contributed by atoms with van der Waals surface area (Å²) in [7, 11) is 0. The van der Waals surface area contributed by atoms with Gasteiger partial charge >= 0.3 is 0 Å². The zero-order valence-corrected chi connectivity index (χ0v) is 6.93. The molecule has 4 heteroatoms. The molecular formula is C7H10N2OS. The average Bonchev–Trinajstić information content (AvgIpc) is 2.58. The van der Waals surface area contributed by atoms with Crippen molar-refractivity contribution in [2.24, 2.45) is 0 Å². The Hall–Kier alpha value is -0.450. The molecule has 1 unspecified atom stereocenters. The van der Waals surface area contributed by atoms with Crippen molar-refractivity contribution in [2.75, 3.05) is 19.7 Å². The summed E-state index contributed by atoms with van der Waals surface area (Å²) in [6.07, 6.45) is 2.11. The lowest BCUT2D eigenvalue weighted by molar-refractivity contribution is 0.0298. The maximum Gasteiger partial charge on any atom is 0.106 e. The molecule has 1 aromatic heterocycles. The Bertz CT molecular complexity index is 206. The first-order chi connectivity index (χ1) is 5.47. The van der Waals surface area contributed by atoms with E-state index in [1.807, 2.05) is 11.7 Å². The third-order valence-corrected chi connectivity index (χ3v) is 2.56. The predicted octanol–water partition coefficient (Wildman–Crippen LogP) is 0.804. The smallest absolute Gasteiger partial charge is 0.106 e. The molecule has 0 spiro atoms. The van der Waals surface area contributed by atoms with E-state index in [0.29, 0.717) is 0 Å². The van der Waals surface area contributed by atoms with Crippen molar-refractivity contribution < 1.29 is 4.74 Å². The van der Waals surface area contributed by atoms with E-state index in [1.54, 1.807) is 11.3 Å². The van der Waals surface area contributed by atoms with Crippen LogP contribution in [-0.4, -0.2) is 24.7 Å². The Kier molecular flexibility index (Phi) is 2.16. The average molecular weight is 170 g/mol. The highest BCUT2D eigenvalue weighted by Gasteiger charge is 2.16. The van der Waals surface area contributed by atoms with Crippen LogP contribution >= 0.6 is 11.3 Å². The molecule has 1 saturated heterocycles. The van der Waals surface area contributed by atoms with E-state index in [4.69, 9.17) is 4.74 Å². The highest BCUT2D eigenvalue weighted by atomic mass is 32.1. The first-order valence-electron chi connectivity index (χ1n) is 3.67. The summed E-state index contributed by atoms with van der Waals surface area (Å²) >= 11 is 1.65. The van der Waals surface area contributed by atoms with Crippen molar-refractivity contribution in [1.29, 1.82) is 0 Å². The van der Waals surface area contributed by atoms with Crippen LogP contribution in [0.2, 0.25) is 0 Å². The Morgan fingerprint density at radius 3 is 3.36 bits per heavy atom. The van der Waals surface area contributed by atoms with Crippen LogP contribution in [-0.2, 0) is 4.74 Å². The van der Waals surface area contributed by atoms with Crippen LogP contribution < -0.4 is 5.32 Å². The number of morpholine rings is 1. The number of hydrogen-bond acceptors (Lipinski definition) is 4. The van der Waals surface area contributed by atoms with Gasteiger partial charge in [0.1, 0.15) is 6.10 Å². The van der Waals surface area contributed by atoms with E-state index >= 15 is 0 Å². The second-order valence-corrected chi connectivity index (χ2v) is 3.39. The highest BCUT2D eigenvalue weighted by molar-refractivity contribution is 7.09. The lowest BCUT2D eigenvalue weighted by Crippen LogP contribution is -2.32. The third kappa shape index (κ3) is 1.58. The van der Waals surface area contributed by atoms with Gasteiger partial charge in [-0.3, -0.25) is 4.98 Å². The van der Waals surface area contributed by atoms with Gasteiger partial charge in [0.2, 0.25) is 0 Å². The van der Waals surface area contributed by atoms with E-state index in [2.05, 4.69) is 10.3 Å². The Labute approximate surface area is 69.4 Å². The van der Waals surface area contributed by atoms with Gasteiger partial charge in [-0.15, -0.1) is 11.3 Å². The highest BCUT2D eigenvalue weighted by Crippen LogP contribution is 2.21. The second-order valence-electron chi connectivity index (χ2n) is 2.47. The van der Waals surface area contributed by atoms with Gasteiger partial charge in [-0.1, -0.05) is 0 Å². The summed E-state index contributed by atoms with van der Waals surface area (Å²) in [5, 5.41) is 3.28. The Balaban J connectivity index is 2.04. The molecule has 1 fully saturated rings. The van der Waals surface area contributed by atoms with Crippen molar-refractivity contribution >= 4 is 11.3 Å². The van der Waals surface area contributed by atoms with Crippen LogP contribution in [0.4, 0.5) is 0 Å². The lowest BCUT2D eigenvalue weighted by Gasteiger charge is -2.21. The predicted molar refractivity (Wildman–Crippen MR) is 43.7 cm³/mol. The molecule has 2 rings (SSSR count). The van der Waals surface area contributed by atoms with Gasteiger partial charge in [-0.05, 0) is 0 Å². The summed E-state index contributed by atoms with van der Waals surface area (Å²) in [6, 6.07) is 0. The Morgan fingerprint density at radius 2 is 2.73 bits per heavy atom. The van der Waals surface area contributed by atoms with Crippen LogP contribution in [0, 0.1) is 0 Å². The maximum absolute atomic E-state index is 5.53. The van der Waals surface area contributed by atoms with Gasteiger partial charge in [0.05, 0.1) is 17.0 Å². The van der Waals surface area contributed by atoms with Gasteiger partial charge in [-0.25, -0.2) is 0 Å². The number of aromatic nitrogens is 1. The zero-order chi connectivity index (χ0) is 7.52. The van der Waals surface area contributed by atoms with E-state index in [0.717, 1.165) is 19.7 Å². The first kappa shape index (κ1) is 7.21. The number of nitrogens with one attached hydrogen (secondary N) is 1. The second kappa shape index (κ2) is 3.30. The molecule has 60 valence electrons. The molecular weight excluding hydrogens is 160 g/mol. The molecule has 2 heterocycles.